The number of benzene rings is 2. The average molecular weight is 320 g/mol. The van der Waals surface area contributed by atoms with E-state index in [1.807, 2.05) is 12.1 Å². The van der Waals surface area contributed by atoms with E-state index >= 15 is 0 Å². The summed E-state index contributed by atoms with van der Waals surface area (Å²) in [5.41, 5.74) is 3.13. The molecule has 0 radical (unpaired) electrons. The average Bonchev–Trinajstić information content (AvgIpc) is 2.55. The first-order valence-corrected chi connectivity index (χ1v) is 7.90. The normalized spacial score (nSPS) is 17.4. The fourth-order valence-corrected chi connectivity index (χ4v) is 3.12. The molecule has 1 saturated heterocycles. The molecular formula is C18H19ClFNO. The van der Waals surface area contributed by atoms with Gasteiger partial charge in [-0.25, -0.2) is 4.39 Å². The van der Waals surface area contributed by atoms with Crippen LogP contribution in [-0.4, -0.2) is 31.2 Å². The molecule has 0 spiro atoms. The van der Waals surface area contributed by atoms with Crippen molar-refractivity contribution in [3.63, 3.8) is 0 Å². The van der Waals surface area contributed by atoms with Gasteiger partial charge in [-0.05, 0) is 36.2 Å². The highest BCUT2D eigenvalue weighted by Gasteiger charge is 2.18. The van der Waals surface area contributed by atoms with E-state index < -0.39 is 0 Å². The van der Waals surface area contributed by atoms with Crippen LogP contribution >= 0.6 is 11.6 Å². The lowest BCUT2D eigenvalue weighted by Gasteiger charge is -2.32. The van der Waals surface area contributed by atoms with Gasteiger partial charge in [0.25, 0.3) is 0 Å². The molecule has 0 aliphatic carbocycles. The van der Waals surface area contributed by atoms with Crippen molar-refractivity contribution < 1.29 is 9.13 Å². The Morgan fingerprint density at radius 3 is 2.41 bits per heavy atom. The molecule has 0 amide bonds. The van der Waals surface area contributed by atoms with Gasteiger partial charge >= 0.3 is 0 Å². The van der Waals surface area contributed by atoms with Crippen molar-refractivity contribution in [2.24, 2.45) is 0 Å². The third kappa shape index (κ3) is 3.32. The van der Waals surface area contributed by atoms with Gasteiger partial charge in [0.1, 0.15) is 5.82 Å². The van der Waals surface area contributed by atoms with Gasteiger partial charge in [-0.15, -0.1) is 0 Å². The lowest BCUT2D eigenvalue weighted by atomic mass is 10.0. The second-order valence-electron chi connectivity index (χ2n) is 5.57. The molecule has 0 saturated carbocycles. The molecule has 0 N–H and O–H groups in total. The lowest BCUT2D eigenvalue weighted by Crippen LogP contribution is -2.37. The molecule has 1 aliphatic heterocycles. The third-order valence-electron chi connectivity index (χ3n) is 4.23. The second-order valence-corrected chi connectivity index (χ2v) is 5.98. The number of halogens is 2. The topological polar surface area (TPSA) is 12.5 Å². The molecule has 1 heterocycles. The molecule has 0 aromatic heterocycles. The van der Waals surface area contributed by atoms with Gasteiger partial charge in [0.15, 0.2) is 0 Å². The van der Waals surface area contributed by atoms with Crippen molar-refractivity contribution in [2.45, 2.75) is 13.0 Å². The van der Waals surface area contributed by atoms with E-state index in [9.17, 15) is 4.39 Å². The second kappa shape index (κ2) is 6.78. The summed E-state index contributed by atoms with van der Waals surface area (Å²) >= 11 is 6.13. The Morgan fingerprint density at radius 1 is 1.09 bits per heavy atom. The summed E-state index contributed by atoms with van der Waals surface area (Å²) in [5, 5.41) is 0.439. The lowest BCUT2D eigenvalue weighted by molar-refractivity contribution is 0.0198. The number of rotatable bonds is 3. The number of hydrogen-bond donors (Lipinski definition) is 0. The van der Waals surface area contributed by atoms with Gasteiger partial charge in [-0.1, -0.05) is 35.9 Å². The molecule has 22 heavy (non-hydrogen) atoms. The standard InChI is InChI=1S/C18H19ClFNO/c1-13(21-8-10-22-11-9-21)14-2-4-15(5-3-14)17-7-6-16(20)12-18(17)19/h2-7,12-13H,8-11H2,1H3. The molecule has 3 rings (SSSR count). The molecule has 1 fully saturated rings. The first-order valence-electron chi connectivity index (χ1n) is 7.52. The third-order valence-corrected chi connectivity index (χ3v) is 4.54. The summed E-state index contributed by atoms with van der Waals surface area (Å²) in [5.74, 6) is -0.314. The van der Waals surface area contributed by atoms with Crippen LogP contribution in [0, 0.1) is 5.82 Å². The highest BCUT2D eigenvalue weighted by molar-refractivity contribution is 6.33. The highest BCUT2D eigenvalue weighted by Crippen LogP contribution is 2.30. The molecule has 4 heteroatoms. The van der Waals surface area contributed by atoms with E-state index in [1.54, 1.807) is 6.07 Å². The van der Waals surface area contributed by atoms with Crippen LogP contribution in [0.1, 0.15) is 18.5 Å². The first-order chi connectivity index (χ1) is 10.6. The van der Waals surface area contributed by atoms with Crippen LogP contribution in [0.5, 0.6) is 0 Å². The molecule has 1 unspecified atom stereocenters. The van der Waals surface area contributed by atoms with Gasteiger partial charge in [0, 0.05) is 24.7 Å². The van der Waals surface area contributed by atoms with Gasteiger partial charge in [-0.2, -0.15) is 0 Å². The largest absolute Gasteiger partial charge is 0.379 e. The number of ether oxygens (including phenoxy) is 1. The van der Waals surface area contributed by atoms with E-state index in [0.717, 1.165) is 37.4 Å². The summed E-state index contributed by atoms with van der Waals surface area (Å²) in [6.45, 7) is 5.74. The minimum Gasteiger partial charge on any atom is -0.379 e. The van der Waals surface area contributed by atoms with Gasteiger partial charge in [-0.3, -0.25) is 4.90 Å². The zero-order valence-electron chi connectivity index (χ0n) is 12.6. The van der Waals surface area contributed by atoms with Crippen LogP contribution in [0.3, 0.4) is 0 Å². The van der Waals surface area contributed by atoms with Crippen LogP contribution in [-0.2, 0) is 4.74 Å². The zero-order valence-corrected chi connectivity index (χ0v) is 13.3. The van der Waals surface area contributed by atoms with Crippen LogP contribution in [0.25, 0.3) is 11.1 Å². The summed E-state index contributed by atoms with van der Waals surface area (Å²) in [4.78, 5) is 2.42. The Balaban J connectivity index is 1.80. The Morgan fingerprint density at radius 2 is 1.77 bits per heavy atom. The minimum atomic E-state index is -0.314. The quantitative estimate of drug-likeness (QED) is 0.823. The van der Waals surface area contributed by atoms with Crippen LogP contribution in [0.4, 0.5) is 4.39 Å². The predicted octanol–water partition coefficient (Wildman–Crippen LogP) is 4.54. The predicted molar refractivity (Wildman–Crippen MR) is 87.7 cm³/mol. The summed E-state index contributed by atoms with van der Waals surface area (Å²) in [6.07, 6.45) is 0. The summed E-state index contributed by atoms with van der Waals surface area (Å²) in [7, 11) is 0. The van der Waals surface area contributed by atoms with E-state index in [4.69, 9.17) is 16.3 Å². The van der Waals surface area contributed by atoms with Crippen molar-refractivity contribution in [3.05, 3.63) is 58.9 Å². The first kappa shape index (κ1) is 15.5. The van der Waals surface area contributed by atoms with Crippen LogP contribution < -0.4 is 0 Å². The molecule has 1 atom stereocenters. The number of morpholine rings is 1. The maximum absolute atomic E-state index is 13.1. The molecule has 2 aromatic rings. The smallest absolute Gasteiger partial charge is 0.124 e. The fraction of sp³-hybridized carbons (Fsp3) is 0.333. The zero-order chi connectivity index (χ0) is 15.5. The number of nitrogens with zero attached hydrogens (tertiary/aromatic N) is 1. The van der Waals surface area contributed by atoms with E-state index in [1.165, 1.54) is 17.7 Å². The van der Waals surface area contributed by atoms with Gasteiger partial charge < -0.3 is 4.74 Å². The fourth-order valence-electron chi connectivity index (χ4n) is 2.84. The maximum Gasteiger partial charge on any atom is 0.124 e. The summed E-state index contributed by atoms with van der Waals surface area (Å²) < 4.78 is 18.5. The summed E-state index contributed by atoms with van der Waals surface area (Å²) in [6, 6.07) is 13.2. The molecular weight excluding hydrogens is 301 g/mol. The van der Waals surface area contributed by atoms with E-state index in [-0.39, 0.29) is 5.82 Å². The molecule has 0 bridgehead atoms. The number of hydrogen-bond acceptors (Lipinski definition) is 2. The molecule has 2 nitrogen and oxygen atoms in total. The SMILES string of the molecule is CC(c1ccc(-c2ccc(F)cc2Cl)cc1)N1CCOCC1. The van der Waals surface area contributed by atoms with E-state index in [0.29, 0.717) is 11.1 Å². The molecule has 1 aliphatic rings. The molecule has 116 valence electrons. The van der Waals surface area contributed by atoms with Crippen molar-refractivity contribution in [3.8, 4) is 11.1 Å². The van der Waals surface area contributed by atoms with Gasteiger partial charge in [0.2, 0.25) is 0 Å². The molecule has 2 aromatic carbocycles. The van der Waals surface area contributed by atoms with Gasteiger partial charge in [0.05, 0.1) is 18.2 Å². The van der Waals surface area contributed by atoms with Crippen molar-refractivity contribution >= 4 is 11.6 Å². The van der Waals surface area contributed by atoms with Crippen molar-refractivity contribution in [2.75, 3.05) is 26.3 Å². The van der Waals surface area contributed by atoms with E-state index in [2.05, 4.69) is 24.0 Å². The minimum absolute atomic E-state index is 0.314. The van der Waals surface area contributed by atoms with Crippen LogP contribution in [0.15, 0.2) is 42.5 Å². The Labute approximate surface area is 135 Å². The van der Waals surface area contributed by atoms with Crippen LogP contribution in [0.2, 0.25) is 5.02 Å². The monoisotopic (exact) mass is 319 g/mol. The maximum atomic E-state index is 13.1. The van der Waals surface area contributed by atoms with Crippen molar-refractivity contribution in [1.82, 2.24) is 4.90 Å². The Bertz CT molecular complexity index is 638. The Kier molecular flexibility index (Phi) is 4.77. The van der Waals surface area contributed by atoms with Crippen molar-refractivity contribution in [1.29, 1.82) is 0 Å². The highest BCUT2D eigenvalue weighted by atomic mass is 35.5. The Hall–Kier alpha value is -1.42.